The van der Waals surface area contributed by atoms with Crippen molar-refractivity contribution in [3.8, 4) is 5.75 Å². The Kier molecular flexibility index (Phi) is 5.57. The molecule has 4 nitrogen and oxygen atoms in total. The molecule has 0 spiro atoms. The van der Waals surface area contributed by atoms with Gasteiger partial charge in [0.15, 0.2) is 6.61 Å². The summed E-state index contributed by atoms with van der Waals surface area (Å²) in [7, 11) is 0. The van der Waals surface area contributed by atoms with Crippen molar-refractivity contribution >= 4 is 35.0 Å². The molecule has 1 heterocycles. The average molecular weight is 333 g/mol. The molecule has 0 aliphatic carbocycles. The summed E-state index contributed by atoms with van der Waals surface area (Å²) in [5.74, 6) is 2.46. The standard InChI is InChI=1S/C13H14Cl2N2O2S/c1-8(2)7-20-13-17-16-12(19-13)6-18-11-4-3-9(14)5-10(11)15/h3-5,8H,6-7H2,1-2H3. The van der Waals surface area contributed by atoms with Crippen molar-refractivity contribution < 1.29 is 9.15 Å². The summed E-state index contributed by atoms with van der Waals surface area (Å²) >= 11 is 13.4. The van der Waals surface area contributed by atoms with Crippen LogP contribution in [0.3, 0.4) is 0 Å². The first-order valence-corrected chi connectivity index (χ1v) is 7.82. The highest BCUT2D eigenvalue weighted by Crippen LogP contribution is 2.28. The van der Waals surface area contributed by atoms with Gasteiger partial charge in [0.25, 0.3) is 11.1 Å². The molecule has 0 aliphatic rings. The topological polar surface area (TPSA) is 48.2 Å². The van der Waals surface area contributed by atoms with Gasteiger partial charge in [0.05, 0.1) is 5.02 Å². The van der Waals surface area contributed by atoms with Crippen LogP contribution >= 0.6 is 35.0 Å². The van der Waals surface area contributed by atoms with Gasteiger partial charge in [0, 0.05) is 10.8 Å². The van der Waals surface area contributed by atoms with Crippen LogP contribution in [0, 0.1) is 5.92 Å². The largest absolute Gasteiger partial charge is 0.482 e. The van der Waals surface area contributed by atoms with Crippen molar-refractivity contribution in [2.75, 3.05) is 5.75 Å². The number of hydrogen-bond donors (Lipinski definition) is 0. The summed E-state index contributed by atoms with van der Waals surface area (Å²) in [6.45, 7) is 4.45. The van der Waals surface area contributed by atoms with Crippen LogP contribution in [0.2, 0.25) is 10.0 Å². The molecule has 0 saturated carbocycles. The van der Waals surface area contributed by atoms with Gasteiger partial charge in [0.2, 0.25) is 0 Å². The van der Waals surface area contributed by atoms with E-state index in [1.54, 1.807) is 18.2 Å². The second-order valence-corrected chi connectivity index (χ2v) is 6.34. The first-order chi connectivity index (χ1) is 9.54. The van der Waals surface area contributed by atoms with Crippen LogP contribution < -0.4 is 4.74 Å². The Hall–Kier alpha value is -0.910. The molecule has 0 atom stereocenters. The number of rotatable bonds is 6. The summed E-state index contributed by atoms with van der Waals surface area (Å²) in [6, 6.07) is 5.03. The molecule has 0 bridgehead atoms. The zero-order valence-corrected chi connectivity index (χ0v) is 13.4. The summed E-state index contributed by atoms with van der Waals surface area (Å²) in [5.41, 5.74) is 0. The molecule has 0 saturated heterocycles. The molecular formula is C13H14Cl2N2O2S. The Bertz CT molecular complexity index is 575. The molecule has 20 heavy (non-hydrogen) atoms. The molecule has 0 fully saturated rings. The quantitative estimate of drug-likeness (QED) is 0.717. The SMILES string of the molecule is CC(C)CSc1nnc(COc2ccc(Cl)cc2Cl)o1. The molecule has 1 aromatic carbocycles. The minimum atomic E-state index is 0.177. The number of ether oxygens (including phenoxy) is 1. The molecule has 0 N–H and O–H groups in total. The van der Waals surface area contributed by atoms with Crippen LogP contribution in [0.4, 0.5) is 0 Å². The van der Waals surface area contributed by atoms with Crippen molar-refractivity contribution in [1.82, 2.24) is 10.2 Å². The van der Waals surface area contributed by atoms with E-state index >= 15 is 0 Å². The van der Waals surface area contributed by atoms with Crippen LogP contribution in [0.1, 0.15) is 19.7 Å². The first-order valence-electron chi connectivity index (χ1n) is 6.07. The lowest BCUT2D eigenvalue weighted by Crippen LogP contribution is -1.96. The van der Waals surface area contributed by atoms with Crippen LogP contribution in [0.5, 0.6) is 5.75 Å². The van der Waals surface area contributed by atoms with Gasteiger partial charge in [-0.1, -0.05) is 48.8 Å². The Morgan fingerprint density at radius 1 is 1.30 bits per heavy atom. The van der Waals surface area contributed by atoms with Gasteiger partial charge < -0.3 is 9.15 Å². The summed E-state index contributed by atoms with van der Waals surface area (Å²) in [5, 5.41) is 9.44. The molecule has 0 amide bonds. The van der Waals surface area contributed by atoms with E-state index in [-0.39, 0.29) is 6.61 Å². The first kappa shape index (κ1) is 15.5. The third kappa shape index (κ3) is 4.58. The van der Waals surface area contributed by atoms with Crippen molar-refractivity contribution in [1.29, 1.82) is 0 Å². The molecular weight excluding hydrogens is 319 g/mol. The number of thioether (sulfide) groups is 1. The van der Waals surface area contributed by atoms with Crippen molar-refractivity contribution in [3.05, 3.63) is 34.1 Å². The highest BCUT2D eigenvalue weighted by atomic mass is 35.5. The van der Waals surface area contributed by atoms with E-state index in [2.05, 4.69) is 24.0 Å². The fourth-order valence-corrected chi connectivity index (χ4v) is 2.52. The summed E-state index contributed by atoms with van der Waals surface area (Å²) in [6.07, 6.45) is 0. The monoisotopic (exact) mass is 332 g/mol. The number of nitrogens with zero attached hydrogens (tertiary/aromatic N) is 2. The zero-order chi connectivity index (χ0) is 14.5. The third-order valence-corrected chi connectivity index (χ3v) is 4.01. The fourth-order valence-electron chi connectivity index (χ4n) is 1.32. The maximum atomic E-state index is 6.01. The minimum absolute atomic E-state index is 0.177. The highest BCUT2D eigenvalue weighted by molar-refractivity contribution is 7.99. The second-order valence-electron chi connectivity index (χ2n) is 4.53. The van der Waals surface area contributed by atoms with Crippen LogP contribution in [-0.4, -0.2) is 16.0 Å². The van der Waals surface area contributed by atoms with E-state index in [0.717, 1.165) is 5.75 Å². The lowest BCUT2D eigenvalue weighted by molar-refractivity contribution is 0.252. The van der Waals surface area contributed by atoms with Gasteiger partial charge in [-0.15, -0.1) is 10.2 Å². The molecule has 108 valence electrons. The van der Waals surface area contributed by atoms with Crippen molar-refractivity contribution in [2.45, 2.75) is 25.7 Å². The molecule has 7 heteroatoms. The summed E-state index contributed by atoms with van der Waals surface area (Å²) in [4.78, 5) is 0. The lowest BCUT2D eigenvalue weighted by Gasteiger charge is -2.05. The average Bonchev–Trinajstić information content (AvgIpc) is 2.83. The predicted octanol–water partition coefficient (Wildman–Crippen LogP) is 4.70. The molecule has 0 aliphatic heterocycles. The zero-order valence-electron chi connectivity index (χ0n) is 11.1. The Labute approximate surface area is 131 Å². The normalized spacial score (nSPS) is 11.1. The van der Waals surface area contributed by atoms with E-state index in [1.807, 2.05) is 0 Å². The van der Waals surface area contributed by atoms with Crippen molar-refractivity contribution in [2.24, 2.45) is 5.92 Å². The molecule has 2 aromatic rings. The van der Waals surface area contributed by atoms with Gasteiger partial charge in [-0.05, 0) is 24.1 Å². The smallest absolute Gasteiger partial charge is 0.276 e. The molecule has 2 rings (SSSR count). The van der Waals surface area contributed by atoms with Crippen molar-refractivity contribution in [3.63, 3.8) is 0 Å². The van der Waals surface area contributed by atoms with Crippen LogP contribution in [0.25, 0.3) is 0 Å². The Morgan fingerprint density at radius 3 is 2.80 bits per heavy atom. The van der Waals surface area contributed by atoms with E-state index in [0.29, 0.717) is 32.8 Å². The van der Waals surface area contributed by atoms with Gasteiger partial charge >= 0.3 is 0 Å². The van der Waals surface area contributed by atoms with E-state index < -0.39 is 0 Å². The number of aromatic nitrogens is 2. The molecule has 0 unspecified atom stereocenters. The highest BCUT2D eigenvalue weighted by Gasteiger charge is 2.09. The van der Waals surface area contributed by atoms with E-state index in [1.165, 1.54) is 11.8 Å². The lowest BCUT2D eigenvalue weighted by atomic mass is 10.3. The van der Waals surface area contributed by atoms with Gasteiger partial charge in [-0.3, -0.25) is 0 Å². The maximum Gasteiger partial charge on any atom is 0.276 e. The number of halogens is 2. The minimum Gasteiger partial charge on any atom is -0.482 e. The predicted molar refractivity (Wildman–Crippen MR) is 80.7 cm³/mol. The summed E-state index contributed by atoms with van der Waals surface area (Å²) < 4.78 is 11.0. The second kappa shape index (κ2) is 7.20. The molecule has 1 aromatic heterocycles. The fraction of sp³-hybridized carbons (Fsp3) is 0.385. The van der Waals surface area contributed by atoms with Gasteiger partial charge in [-0.25, -0.2) is 0 Å². The Morgan fingerprint density at radius 2 is 2.10 bits per heavy atom. The number of benzene rings is 1. The van der Waals surface area contributed by atoms with Gasteiger partial charge in [-0.2, -0.15) is 0 Å². The Balaban J connectivity index is 1.90. The maximum absolute atomic E-state index is 6.01. The third-order valence-electron chi connectivity index (χ3n) is 2.23. The van der Waals surface area contributed by atoms with Crippen LogP contribution in [-0.2, 0) is 6.61 Å². The van der Waals surface area contributed by atoms with E-state index in [9.17, 15) is 0 Å². The van der Waals surface area contributed by atoms with Crippen LogP contribution in [0.15, 0.2) is 27.8 Å². The van der Waals surface area contributed by atoms with Gasteiger partial charge in [0.1, 0.15) is 5.75 Å². The number of hydrogen-bond acceptors (Lipinski definition) is 5. The molecule has 0 radical (unpaired) electrons. The van der Waals surface area contributed by atoms with E-state index in [4.69, 9.17) is 32.4 Å².